The van der Waals surface area contributed by atoms with Gasteiger partial charge in [0.05, 0.1) is 4.87 Å². The van der Waals surface area contributed by atoms with Crippen molar-refractivity contribution in [1.82, 2.24) is 9.80 Å². The second-order valence-electron chi connectivity index (χ2n) is 6.14. The lowest BCUT2D eigenvalue weighted by Gasteiger charge is -2.34. The summed E-state index contributed by atoms with van der Waals surface area (Å²) in [5.74, 6) is 1.03. The molecule has 0 spiro atoms. The molecule has 0 radical (unpaired) electrons. The molecule has 0 N–H and O–H groups in total. The first kappa shape index (κ1) is 13.6. The van der Waals surface area contributed by atoms with Crippen LogP contribution in [-0.4, -0.2) is 44.8 Å². The molecular formula is C15H18N2O2S2. The van der Waals surface area contributed by atoms with Crippen LogP contribution in [0.2, 0.25) is 0 Å². The van der Waals surface area contributed by atoms with Crippen LogP contribution in [0.15, 0.2) is 11.4 Å². The number of carbonyl (C=O) groups excluding carboxylic acids is 2. The number of hydrogen-bond donors (Lipinski definition) is 0. The molecule has 112 valence electrons. The molecule has 21 heavy (non-hydrogen) atoms. The minimum Gasteiger partial charge on any atom is -0.336 e. The van der Waals surface area contributed by atoms with E-state index in [2.05, 4.69) is 18.4 Å². The average molecular weight is 322 g/mol. The maximum absolute atomic E-state index is 12.9. The Labute approximate surface area is 132 Å². The molecule has 2 atom stereocenters. The Hall–Kier alpha value is -1.01. The van der Waals surface area contributed by atoms with E-state index in [1.54, 1.807) is 23.1 Å². The summed E-state index contributed by atoms with van der Waals surface area (Å²) in [5, 5.41) is 2.10. The molecule has 0 saturated carbocycles. The first-order chi connectivity index (χ1) is 10.1. The molecule has 0 aromatic carbocycles. The quantitative estimate of drug-likeness (QED) is 0.795. The maximum Gasteiger partial charge on any atom is 0.246 e. The first-order valence-electron chi connectivity index (χ1n) is 7.39. The molecule has 1 aromatic rings. The Morgan fingerprint density at radius 3 is 3.14 bits per heavy atom. The van der Waals surface area contributed by atoms with Crippen molar-refractivity contribution in [3.63, 3.8) is 0 Å². The van der Waals surface area contributed by atoms with Crippen molar-refractivity contribution >= 4 is 34.9 Å². The molecular weight excluding hydrogens is 304 g/mol. The van der Waals surface area contributed by atoms with Crippen LogP contribution in [0.3, 0.4) is 0 Å². The van der Waals surface area contributed by atoms with Crippen molar-refractivity contribution in [1.29, 1.82) is 0 Å². The normalized spacial score (nSPS) is 31.5. The number of fused-ring (bicyclic) bond motifs is 2. The zero-order chi connectivity index (χ0) is 14.6. The number of nitrogens with zero attached hydrogens (tertiary/aromatic N) is 2. The Bertz CT molecular complexity index is 615. The molecule has 3 aliphatic heterocycles. The molecule has 0 aliphatic carbocycles. The molecule has 4 heterocycles. The van der Waals surface area contributed by atoms with Gasteiger partial charge in [-0.25, -0.2) is 0 Å². The van der Waals surface area contributed by atoms with Gasteiger partial charge in [0, 0.05) is 30.1 Å². The highest BCUT2D eigenvalue weighted by Gasteiger charge is 2.53. The van der Waals surface area contributed by atoms with Crippen molar-refractivity contribution < 1.29 is 9.59 Å². The van der Waals surface area contributed by atoms with Crippen molar-refractivity contribution in [2.24, 2.45) is 0 Å². The minimum absolute atomic E-state index is 0.137. The van der Waals surface area contributed by atoms with E-state index >= 15 is 0 Å². The Kier molecular flexibility index (Phi) is 3.08. The van der Waals surface area contributed by atoms with Crippen LogP contribution in [0.25, 0.3) is 0 Å². The zero-order valence-corrected chi connectivity index (χ0v) is 13.6. The first-order valence-corrected chi connectivity index (χ1v) is 9.25. The fourth-order valence-electron chi connectivity index (χ4n) is 3.65. The van der Waals surface area contributed by atoms with E-state index in [0.29, 0.717) is 13.0 Å². The van der Waals surface area contributed by atoms with Crippen LogP contribution in [0.4, 0.5) is 0 Å². The second kappa shape index (κ2) is 4.74. The van der Waals surface area contributed by atoms with Gasteiger partial charge in [-0.2, -0.15) is 0 Å². The van der Waals surface area contributed by atoms with Crippen LogP contribution in [0.5, 0.6) is 0 Å². The minimum atomic E-state index is -0.254. The predicted octanol–water partition coefficient (Wildman–Crippen LogP) is 2.09. The third-order valence-corrected chi connectivity index (χ3v) is 7.38. The molecule has 2 saturated heterocycles. The van der Waals surface area contributed by atoms with Gasteiger partial charge in [0.1, 0.15) is 6.04 Å². The van der Waals surface area contributed by atoms with Gasteiger partial charge >= 0.3 is 0 Å². The van der Waals surface area contributed by atoms with Crippen LogP contribution < -0.4 is 0 Å². The van der Waals surface area contributed by atoms with E-state index < -0.39 is 0 Å². The van der Waals surface area contributed by atoms with Gasteiger partial charge in [-0.05, 0) is 36.8 Å². The SMILES string of the molecule is C[C@]12CCC(=O)N1[C@@H](C(=O)N1CCc3sccc3C1)CS2. The van der Waals surface area contributed by atoms with Crippen LogP contribution in [-0.2, 0) is 22.6 Å². The van der Waals surface area contributed by atoms with Crippen molar-refractivity contribution in [3.05, 3.63) is 21.9 Å². The van der Waals surface area contributed by atoms with Crippen LogP contribution in [0.1, 0.15) is 30.2 Å². The average Bonchev–Trinajstić information content (AvgIpc) is 3.14. The van der Waals surface area contributed by atoms with E-state index in [1.165, 1.54) is 10.4 Å². The summed E-state index contributed by atoms with van der Waals surface area (Å²) in [5.41, 5.74) is 1.28. The van der Waals surface area contributed by atoms with Gasteiger partial charge < -0.3 is 9.80 Å². The van der Waals surface area contributed by atoms with Crippen molar-refractivity contribution in [2.45, 2.75) is 43.6 Å². The molecule has 2 amide bonds. The largest absolute Gasteiger partial charge is 0.336 e. The van der Waals surface area contributed by atoms with Gasteiger partial charge in [-0.1, -0.05) is 0 Å². The predicted molar refractivity (Wildman–Crippen MR) is 84.2 cm³/mol. The molecule has 2 fully saturated rings. The van der Waals surface area contributed by atoms with Gasteiger partial charge in [0.2, 0.25) is 11.8 Å². The summed E-state index contributed by atoms with van der Waals surface area (Å²) in [4.78, 5) is 30.1. The summed E-state index contributed by atoms with van der Waals surface area (Å²) < 4.78 is 0. The topological polar surface area (TPSA) is 40.6 Å². The van der Waals surface area contributed by atoms with Crippen LogP contribution in [0, 0.1) is 0 Å². The Morgan fingerprint density at radius 2 is 2.29 bits per heavy atom. The number of thiophene rings is 1. The fraction of sp³-hybridized carbons (Fsp3) is 0.600. The fourth-order valence-corrected chi connectivity index (χ4v) is 5.96. The van der Waals surface area contributed by atoms with Gasteiger partial charge in [-0.3, -0.25) is 9.59 Å². The smallest absolute Gasteiger partial charge is 0.246 e. The van der Waals surface area contributed by atoms with Gasteiger partial charge in [-0.15, -0.1) is 23.1 Å². The standard InChI is InChI=1S/C15H18N2O2S2/c1-15-5-2-13(18)17(15)11(9-21-15)14(19)16-6-3-12-10(8-16)4-7-20-12/h4,7,11H,2-3,5-6,8-9H2,1H3/t11-,15+/m1/s1. The summed E-state index contributed by atoms with van der Waals surface area (Å²) in [6.45, 7) is 3.59. The molecule has 1 aromatic heterocycles. The van der Waals surface area contributed by atoms with Gasteiger partial charge in [0.15, 0.2) is 0 Å². The lowest BCUT2D eigenvalue weighted by Crippen LogP contribution is -2.52. The Balaban J connectivity index is 1.55. The van der Waals surface area contributed by atoms with E-state index in [1.807, 2.05) is 9.80 Å². The summed E-state index contributed by atoms with van der Waals surface area (Å²) >= 11 is 3.55. The highest BCUT2D eigenvalue weighted by atomic mass is 32.2. The molecule has 4 nitrogen and oxygen atoms in total. The van der Waals surface area contributed by atoms with Crippen molar-refractivity contribution in [2.75, 3.05) is 12.3 Å². The number of amides is 2. The summed E-state index contributed by atoms with van der Waals surface area (Å²) in [7, 11) is 0. The maximum atomic E-state index is 12.9. The molecule has 0 unspecified atom stereocenters. The Morgan fingerprint density at radius 1 is 1.43 bits per heavy atom. The molecule has 0 bridgehead atoms. The van der Waals surface area contributed by atoms with E-state index in [-0.39, 0.29) is 22.7 Å². The number of thioether (sulfide) groups is 1. The van der Waals surface area contributed by atoms with E-state index in [9.17, 15) is 9.59 Å². The van der Waals surface area contributed by atoms with E-state index in [0.717, 1.165) is 25.1 Å². The van der Waals surface area contributed by atoms with Gasteiger partial charge in [0.25, 0.3) is 0 Å². The summed E-state index contributed by atoms with van der Waals surface area (Å²) in [6, 6.07) is 1.86. The highest BCUT2D eigenvalue weighted by Crippen LogP contribution is 2.47. The molecule has 6 heteroatoms. The third-order valence-electron chi connectivity index (χ3n) is 4.85. The third kappa shape index (κ3) is 2.03. The summed E-state index contributed by atoms with van der Waals surface area (Å²) in [6.07, 6.45) is 2.40. The molecule has 4 rings (SSSR count). The van der Waals surface area contributed by atoms with E-state index in [4.69, 9.17) is 0 Å². The second-order valence-corrected chi connectivity index (χ2v) is 8.65. The highest BCUT2D eigenvalue weighted by molar-refractivity contribution is 8.01. The zero-order valence-electron chi connectivity index (χ0n) is 12.0. The monoisotopic (exact) mass is 322 g/mol. The lowest BCUT2D eigenvalue weighted by atomic mass is 10.1. The number of hydrogen-bond acceptors (Lipinski definition) is 4. The van der Waals surface area contributed by atoms with Crippen molar-refractivity contribution in [3.8, 4) is 0 Å². The number of carbonyl (C=O) groups is 2. The lowest BCUT2D eigenvalue weighted by molar-refractivity contribution is -0.144. The number of rotatable bonds is 1. The van der Waals surface area contributed by atoms with Crippen LogP contribution >= 0.6 is 23.1 Å². The molecule has 3 aliphatic rings.